The second-order valence-corrected chi connectivity index (χ2v) is 7.27. The Morgan fingerprint density at radius 1 is 1.21 bits per heavy atom. The van der Waals surface area contributed by atoms with E-state index in [-0.39, 0.29) is 12.5 Å². The van der Waals surface area contributed by atoms with Crippen LogP contribution in [0.15, 0.2) is 42.3 Å². The van der Waals surface area contributed by atoms with Crippen molar-refractivity contribution in [2.45, 2.75) is 31.7 Å². The number of hydrogen-bond donors (Lipinski definition) is 4. The average molecular weight is 391 g/mol. The van der Waals surface area contributed by atoms with Gasteiger partial charge in [0.15, 0.2) is 12.4 Å². The molecule has 0 spiro atoms. The molecule has 0 unspecified atom stereocenters. The smallest absolute Gasteiger partial charge is 0.258 e. The van der Waals surface area contributed by atoms with Gasteiger partial charge in [-0.2, -0.15) is 5.10 Å². The van der Waals surface area contributed by atoms with Crippen LogP contribution >= 0.6 is 0 Å². The van der Waals surface area contributed by atoms with Crippen LogP contribution in [0.25, 0.3) is 16.5 Å². The number of rotatable bonds is 7. The van der Waals surface area contributed by atoms with Gasteiger partial charge in [-0.1, -0.05) is 6.08 Å². The van der Waals surface area contributed by atoms with Crippen molar-refractivity contribution >= 4 is 34.0 Å². The number of anilines is 2. The lowest BCUT2D eigenvalue weighted by atomic mass is 10.0. The number of allylic oxidation sites excluding steroid dienone is 4. The van der Waals surface area contributed by atoms with Crippen LogP contribution in [-0.2, 0) is 9.53 Å². The first-order valence-corrected chi connectivity index (χ1v) is 9.68. The summed E-state index contributed by atoms with van der Waals surface area (Å²) in [7, 11) is 0. The minimum absolute atomic E-state index is 0.0530. The molecule has 5 rings (SSSR count). The van der Waals surface area contributed by atoms with Crippen LogP contribution in [0.1, 0.15) is 31.5 Å². The molecular weight excluding hydrogens is 370 g/mol. The molecule has 148 valence electrons. The third-order valence-corrected chi connectivity index (χ3v) is 4.94. The van der Waals surface area contributed by atoms with Crippen molar-refractivity contribution in [3.63, 3.8) is 0 Å². The number of ether oxygens (including phenoxy) is 1. The number of carbonyl (C=O) groups is 1. The van der Waals surface area contributed by atoms with Crippen molar-refractivity contribution in [1.82, 2.24) is 30.7 Å². The first-order chi connectivity index (χ1) is 14.2. The Labute approximate surface area is 166 Å². The molecule has 0 saturated heterocycles. The molecule has 3 aromatic rings. The Morgan fingerprint density at radius 3 is 2.97 bits per heavy atom. The maximum atomic E-state index is 11.7. The molecule has 0 radical (unpaired) electrons. The van der Waals surface area contributed by atoms with Crippen LogP contribution in [-0.4, -0.2) is 43.9 Å². The van der Waals surface area contributed by atoms with E-state index in [0.29, 0.717) is 12.0 Å². The van der Waals surface area contributed by atoms with Crippen LogP contribution < -0.4 is 10.6 Å². The molecule has 29 heavy (non-hydrogen) atoms. The number of nitrogens with zero attached hydrogens (tertiary/aromatic N) is 3. The largest absolute Gasteiger partial charge is 0.488 e. The summed E-state index contributed by atoms with van der Waals surface area (Å²) >= 11 is 0. The highest BCUT2D eigenvalue weighted by Gasteiger charge is 2.23. The monoisotopic (exact) mass is 391 g/mol. The number of nitrogens with one attached hydrogen (secondary N) is 4. The van der Waals surface area contributed by atoms with Gasteiger partial charge in [-0.3, -0.25) is 9.89 Å². The number of benzene rings is 1. The van der Waals surface area contributed by atoms with E-state index in [0.717, 1.165) is 59.4 Å². The molecular formula is C20H21N7O2. The second kappa shape index (κ2) is 7.42. The first-order valence-electron chi connectivity index (χ1n) is 9.68. The van der Waals surface area contributed by atoms with Gasteiger partial charge in [0.25, 0.3) is 5.91 Å². The Hall–Kier alpha value is -3.62. The number of aromatic nitrogens is 5. The zero-order valence-corrected chi connectivity index (χ0v) is 15.7. The van der Waals surface area contributed by atoms with Gasteiger partial charge in [-0.25, -0.2) is 0 Å². The third-order valence-electron chi connectivity index (χ3n) is 4.94. The minimum atomic E-state index is -0.0530. The summed E-state index contributed by atoms with van der Waals surface area (Å²) in [5.74, 6) is 2.05. The van der Waals surface area contributed by atoms with Crippen LogP contribution in [0.2, 0.25) is 0 Å². The number of H-pyrrole nitrogens is 2. The van der Waals surface area contributed by atoms with Gasteiger partial charge in [0.2, 0.25) is 5.95 Å². The molecule has 0 aliphatic heterocycles. The maximum Gasteiger partial charge on any atom is 0.258 e. The maximum absolute atomic E-state index is 11.7. The fourth-order valence-electron chi connectivity index (χ4n) is 3.21. The summed E-state index contributed by atoms with van der Waals surface area (Å²) in [5.41, 5.74) is 2.93. The van der Waals surface area contributed by atoms with Gasteiger partial charge in [-0.15, -0.1) is 10.2 Å². The van der Waals surface area contributed by atoms with Gasteiger partial charge in [0, 0.05) is 23.5 Å². The van der Waals surface area contributed by atoms with Crippen molar-refractivity contribution in [3.05, 3.63) is 48.1 Å². The molecule has 2 heterocycles. The van der Waals surface area contributed by atoms with Crippen LogP contribution in [0, 0.1) is 0 Å². The lowest BCUT2D eigenvalue weighted by molar-refractivity contribution is -0.124. The summed E-state index contributed by atoms with van der Waals surface area (Å²) < 4.78 is 5.61. The highest BCUT2D eigenvalue weighted by Crippen LogP contribution is 2.26. The summed E-state index contributed by atoms with van der Waals surface area (Å²) in [6.45, 7) is 0.0723. The van der Waals surface area contributed by atoms with E-state index in [1.54, 1.807) is 6.20 Å². The lowest BCUT2D eigenvalue weighted by Crippen LogP contribution is -2.29. The van der Waals surface area contributed by atoms with Gasteiger partial charge in [0.1, 0.15) is 0 Å². The van der Waals surface area contributed by atoms with Crippen molar-refractivity contribution in [2.24, 2.45) is 0 Å². The average Bonchev–Trinajstić information content (AvgIpc) is 3.23. The Morgan fingerprint density at radius 2 is 2.14 bits per heavy atom. The molecule has 9 nitrogen and oxygen atoms in total. The number of carbonyl (C=O) groups excluding carboxylic acids is 1. The molecule has 0 atom stereocenters. The molecule has 1 amide bonds. The van der Waals surface area contributed by atoms with Crippen molar-refractivity contribution in [3.8, 4) is 0 Å². The van der Waals surface area contributed by atoms with Gasteiger partial charge < -0.3 is 20.4 Å². The van der Waals surface area contributed by atoms with Crippen molar-refractivity contribution in [1.29, 1.82) is 0 Å². The van der Waals surface area contributed by atoms with E-state index >= 15 is 0 Å². The Kier molecular flexibility index (Phi) is 4.47. The zero-order chi connectivity index (χ0) is 19.6. The summed E-state index contributed by atoms with van der Waals surface area (Å²) in [6, 6.07) is 6.26. The number of aromatic amines is 2. The normalized spacial score (nSPS) is 16.3. The summed E-state index contributed by atoms with van der Waals surface area (Å²) in [5, 5.41) is 22.5. The molecule has 1 saturated carbocycles. The quantitative estimate of drug-likeness (QED) is 0.491. The van der Waals surface area contributed by atoms with Gasteiger partial charge >= 0.3 is 0 Å². The van der Waals surface area contributed by atoms with Crippen molar-refractivity contribution in [2.75, 3.05) is 11.9 Å². The van der Waals surface area contributed by atoms with E-state index in [4.69, 9.17) is 4.74 Å². The third kappa shape index (κ3) is 4.13. The topological polar surface area (TPSA) is 121 Å². The van der Waals surface area contributed by atoms with Gasteiger partial charge in [0.05, 0.1) is 17.5 Å². The van der Waals surface area contributed by atoms with Crippen LogP contribution in [0.3, 0.4) is 0 Å². The molecule has 9 heteroatoms. The first kappa shape index (κ1) is 17.5. The standard InChI is InChI=1S/C20H21N7O2/c28-18(22-14-3-4-14)11-29-16-6-1-12(2-7-16)19-24-20(27-26-19)23-15-5-8-17-13(9-15)10-21-25-17/h1,5-6,8-10,14H,2-4,7,11H2,(H,21,25)(H,22,28)(H2,23,24,26,27). The SMILES string of the molecule is O=C(COC1=CC=C(c2nnc(Nc3ccc4[nH]ncc4c3)[nH]2)CC1)NC1CC1. The molecule has 2 aliphatic carbocycles. The summed E-state index contributed by atoms with van der Waals surface area (Å²) in [6.07, 6.45) is 9.28. The fraction of sp³-hybridized carbons (Fsp3) is 0.300. The van der Waals surface area contributed by atoms with E-state index in [9.17, 15) is 4.79 Å². The number of fused-ring (bicyclic) bond motifs is 1. The summed E-state index contributed by atoms with van der Waals surface area (Å²) in [4.78, 5) is 14.9. The van der Waals surface area contributed by atoms with Crippen LogP contribution in [0.4, 0.5) is 11.6 Å². The molecule has 0 bridgehead atoms. The molecule has 2 aliphatic rings. The Bertz CT molecular complexity index is 1110. The molecule has 2 aromatic heterocycles. The van der Waals surface area contributed by atoms with E-state index in [2.05, 4.69) is 36.0 Å². The number of amides is 1. The molecule has 1 fully saturated rings. The highest BCUT2D eigenvalue weighted by atomic mass is 16.5. The Balaban J connectivity index is 1.20. The highest BCUT2D eigenvalue weighted by molar-refractivity contribution is 5.82. The van der Waals surface area contributed by atoms with E-state index < -0.39 is 0 Å². The fourth-order valence-corrected chi connectivity index (χ4v) is 3.21. The predicted octanol–water partition coefficient (Wildman–Crippen LogP) is 2.78. The zero-order valence-electron chi connectivity index (χ0n) is 15.7. The van der Waals surface area contributed by atoms with Crippen molar-refractivity contribution < 1.29 is 9.53 Å². The second-order valence-electron chi connectivity index (χ2n) is 7.27. The number of hydrogen-bond acceptors (Lipinski definition) is 6. The van der Waals surface area contributed by atoms with Crippen LogP contribution in [0.5, 0.6) is 0 Å². The predicted molar refractivity (Wildman–Crippen MR) is 108 cm³/mol. The lowest BCUT2D eigenvalue weighted by Gasteiger charge is -2.14. The molecule has 4 N–H and O–H groups in total. The minimum Gasteiger partial charge on any atom is -0.488 e. The van der Waals surface area contributed by atoms with Gasteiger partial charge in [-0.05, 0) is 49.1 Å². The molecule has 1 aromatic carbocycles. The van der Waals surface area contributed by atoms with E-state index in [1.807, 2.05) is 30.4 Å². The van der Waals surface area contributed by atoms with E-state index in [1.165, 1.54) is 0 Å².